The van der Waals surface area contributed by atoms with E-state index >= 15 is 0 Å². The summed E-state index contributed by atoms with van der Waals surface area (Å²) in [6, 6.07) is 0. The Morgan fingerprint density at radius 3 is 1.82 bits per heavy atom. The second kappa shape index (κ2) is 3.99. The number of hydrogen-bond acceptors (Lipinski definition) is 3. The molecule has 0 bridgehead atoms. The van der Waals surface area contributed by atoms with E-state index in [1.165, 1.54) is 18.3 Å². The third kappa shape index (κ3) is 1.66. The van der Waals surface area contributed by atoms with Gasteiger partial charge in [-0.1, -0.05) is 11.1 Å². The van der Waals surface area contributed by atoms with Gasteiger partial charge in [-0.05, 0) is 33.6 Å². The average Bonchev–Trinajstić information content (AvgIpc) is 2.30. The van der Waals surface area contributed by atoms with Crippen molar-refractivity contribution in [2.75, 3.05) is 7.11 Å². The summed E-state index contributed by atoms with van der Waals surface area (Å²) in [5.74, 6) is 0.805. The van der Waals surface area contributed by atoms with E-state index in [0.717, 1.165) is 11.1 Å². The Bertz CT molecular complexity index is 513. The van der Waals surface area contributed by atoms with Gasteiger partial charge in [-0.15, -0.1) is 0 Å². The summed E-state index contributed by atoms with van der Waals surface area (Å²) in [6.45, 7) is 5.88. The zero-order valence-corrected chi connectivity index (χ0v) is 10.7. The summed E-state index contributed by atoms with van der Waals surface area (Å²) in [4.78, 5) is 0. The molecule has 1 aliphatic carbocycles. The Hall–Kier alpha value is -1.64. The van der Waals surface area contributed by atoms with Crippen molar-refractivity contribution in [2.45, 2.75) is 33.6 Å². The van der Waals surface area contributed by atoms with Crippen molar-refractivity contribution < 1.29 is 14.9 Å². The molecule has 2 N–H and O–H groups in total. The van der Waals surface area contributed by atoms with E-state index in [-0.39, 0.29) is 11.5 Å². The smallest absolute Gasteiger partial charge is 0.167 e. The molecule has 0 atom stereocenters. The Labute approximate surface area is 101 Å². The van der Waals surface area contributed by atoms with Crippen LogP contribution in [0.25, 0.3) is 0 Å². The first kappa shape index (κ1) is 11.8. The van der Waals surface area contributed by atoms with Crippen LogP contribution in [-0.4, -0.2) is 17.3 Å². The van der Waals surface area contributed by atoms with Gasteiger partial charge < -0.3 is 14.9 Å². The molecule has 2 rings (SSSR count). The topological polar surface area (TPSA) is 49.7 Å². The number of hydrogen-bond donors (Lipinski definition) is 2. The predicted octanol–water partition coefficient (Wildman–Crippen LogP) is 2.85. The van der Waals surface area contributed by atoms with Gasteiger partial charge >= 0.3 is 0 Å². The molecule has 92 valence electrons. The lowest BCUT2D eigenvalue weighted by molar-refractivity contribution is 0.360. The summed E-state index contributed by atoms with van der Waals surface area (Å²) in [7, 11) is 1.50. The molecule has 1 aromatic carbocycles. The van der Waals surface area contributed by atoms with Crippen LogP contribution < -0.4 is 4.74 Å². The van der Waals surface area contributed by atoms with Crippen molar-refractivity contribution in [3.63, 3.8) is 0 Å². The molecule has 1 aromatic rings. The highest BCUT2D eigenvalue weighted by Gasteiger charge is 2.25. The van der Waals surface area contributed by atoms with E-state index in [4.69, 9.17) is 4.74 Å². The highest BCUT2D eigenvalue weighted by molar-refractivity contribution is 5.64. The highest BCUT2D eigenvalue weighted by atomic mass is 16.5. The number of aromatic hydroxyl groups is 2. The van der Waals surface area contributed by atoms with Gasteiger partial charge in [0.05, 0.1) is 7.11 Å². The van der Waals surface area contributed by atoms with Crippen LogP contribution in [0.5, 0.6) is 17.2 Å². The summed E-state index contributed by atoms with van der Waals surface area (Å²) < 4.78 is 5.16. The normalized spacial score (nSPS) is 14.8. The molecule has 0 aromatic heterocycles. The number of phenols is 2. The van der Waals surface area contributed by atoms with Crippen LogP contribution in [0.1, 0.15) is 30.5 Å². The van der Waals surface area contributed by atoms with Gasteiger partial charge in [0.1, 0.15) is 5.75 Å². The van der Waals surface area contributed by atoms with Gasteiger partial charge in [0, 0.05) is 16.7 Å². The molecule has 0 aliphatic heterocycles. The monoisotopic (exact) mass is 234 g/mol. The first-order valence-electron chi connectivity index (χ1n) is 5.72. The van der Waals surface area contributed by atoms with Crippen LogP contribution in [0.3, 0.4) is 0 Å². The Morgan fingerprint density at radius 2 is 1.35 bits per heavy atom. The zero-order valence-electron chi connectivity index (χ0n) is 10.7. The molecule has 0 spiro atoms. The molecule has 1 aliphatic rings. The Kier molecular flexibility index (Phi) is 2.77. The second-order valence-corrected chi connectivity index (χ2v) is 4.73. The number of allylic oxidation sites excluding steroid dienone is 2. The zero-order chi connectivity index (χ0) is 12.7. The molecule has 3 heteroatoms. The van der Waals surface area contributed by atoms with Crippen LogP contribution >= 0.6 is 0 Å². The van der Waals surface area contributed by atoms with E-state index in [2.05, 4.69) is 13.8 Å². The SMILES string of the molecule is COc1c(C)c(O)c2c(c1O)CC(C)=C(C)C2. The van der Waals surface area contributed by atoms with Crippen molar-refractivity contribution in [1.29, 1.82) is 0 Å². The maximum atomic E-state index is 10.2. The minimum absolute atomic E-state index is 0.171. The summed E-state index contributed by atoms with van der Waals surface area (Å²) in [6.07, 6.45) is 1.38. The maximum absolute atomic E-state index is 10.2. The molecule has 0 saturated carbocycles. The van der Waals surface area contributed by atoms with Gasteiger partial charge in [0.15, 0.2) is 11.5 Å². The number of phenolic OH excluding ortho intramolecular Hbond substituents is 2. The van der Waals surface area contributed by atoms with Crippen molar-refractivity contribution >= 4 is 0 Å². The largest absolute Gasteiger partial charge is 0.507 e. The Balaban J connectivity index is 2.69. The predicted molar refractivity (Wildman–Crippen MR) is 66.8 cm³/mol. The molecule has 0 heterocycles. The summed E-state index contributed by atoms with van der Waals surface area (Å²) in [5.41, 5.74) is 4.75. The van der Waals surface area contributed by atoms with E-state index in [1.54, 1.807) is 6.92 Å². The van der Waals surface area contributed by atoms with E-state index in [1.807, 2.05) is 0 Å². The van der Waals surface area contributed by atoms with E-state index < -0.39 is 0 Å². The molecular formula is C14H18O3. The van der Waals surface area contributed by atoms with Gasteiger partial charge in [-0.2, -0.15) is 0 Å². The second-order valence-electron chi connectivity index (χ2n) is 4.73. The van der Waals surface area contributed by atoms with Crippen molar-refractivity contribution in [3.05, 3.63) is 27.8 Å². The van der Waals surface area contributed by atoms with E-state index in [0.29, 0.717) is 24.2 Å². The number of methoxy groups -OCH3 is 1. The number of fused-ring (bicyclic) bond motifs is 1. The lowest BCUT2D eigenvalue weighted by Crippen LogP contribution is -2.08. The fourth-order valence-corrected chi connectivity index (χ4v) is 2.40. The minimum Gasteiger partial charge on any atom is -0.507 e. The molecule has 0 radical (unpaired) electrons. The molecule has 0 amide bonds. The molecule has 17 heavy (non-hydrogen) atoms. The third-order valence-corrected chi connectivity index (χ3v) is 3.66. The highest BCUT2D eigenvalue weighted by Crippen LogP contribution is 2.46. The van der Waals surface area contributed by atoms with Crippen molar-refractivity contribution in [3.8, 4) is 17.2 Å². The standard InChI is InChI=1S/C14H18O3/c1-7-5-10-11(6-8(7)2)13(16)14(17-4)9(3)12(10)15/h15-16H,5-6H2,1-4H3. The van der Waals surface area contributed by atoms with Crippen molar-refractivity contribution in [2.24, 2.45) is 0 Å². The number of benzene rings is 1. The van der Waals surface area contributed by atoms with Gasteiger partial charge in [0.2, 0.25) is 0 Å². The Morgan fingerprint density at radius 1 is 0.882 bits per heavy atom. The maximum Gasteiger partial charge on any atom is 0.167 e. The first-order chi connectivity index (χ1) is 7.97. The molecule has 3 nitrogen and oxygen atoms in total. The molecule has 0 unspecified atom stereocenters. The summed E-state index contributed by atoms with van der Waals surface area (Å²) in [5, 5.41) is 20.4. The molecule has 0 fully saturated rings. The minimum atomic E-state index is 0.171. The first-order valence-corrected chi connectivity index (χ1v) is 5.72. The van der Waals surface area contributed by atoms with Gasteiger partial charge in [-0.25, -0.2) is 0 Å². The summed E-state index contributed by atoms with van der Waals surface area (Å²) >= 11 is 0. The third-order valence-electron chi connectivity index (χ3n) is 3.66. The number of ether oxygens (including phenoxy) is 1. The van der Waals surface area contributed by atoms with Gasteiger partial charge in [0.25, 0.3) is 0 Å². The van der Waals surface area contributed by atoms with Gasteiger partial charge in [-0.3, -0.25) is 0 Å². The van der Waals surface area contributed by atoms with Crippen molar-refractivity contribution in [1.82, 2.24) is 0 Å². The van der Waals surface area contributed by atoms with Crippen LogP contribution in [0.2, 0.25) is 0 Å². The van der Waals surface area contributed by atoms with E-state index in [9.17, 15) is 10.2 Å². The lowest BCUT2D eigenvalue weighted by Gasteiger charge is -2.24. The fraction of sp³-hybridized carbons (Fsp3) is 0.429. The van der Waals surface area contributed by atoms with Crippen LogP contribution in [0, 0.1) is 6.92 Å². The molecular weight excluding hydrogens is 216 g/mol. The quantitative estimate of drug-likeness (QED) is 0.580. The average molecular weight is 234 g/mol. The number of rotatable bonds is 1. The lowest BCUT2D eigenvalue weighted by atomic mass is 9.85. The fourth-order valence-electron chi connectivity index (χ4n) is 2.40. The van der Waals surface area contributed by atoms with Crippen LogP contribution in [0.4, 0.5) is 0 Å². The van der Waals surface area contributed by atoms with Crippen LogP contribution in [-0.2, 0) is 12.8 Å². The molecule has 0 saturated heterocycles. The van der Waals surface area contributed by atoms with Crippen LogP contribution in [0.15, 0.2) is 11.1 Å².